The molecule has 0 amide bonds. The molecule has 0 aliphatic heterocycles. The topological polar surface area (TPSA) is 26.3 Å². The molecule has 0 spiro atoms. The molecule has 0 fully saturated rings. The molecule has 0 rings (SSSR count). The van der Waals surface area contributed by atoms with Crippen molar-refractivity contribution in [3.63, 3.8) is 0 Å². The van der Waals surface area contributed by atoms with Gasteiger partial charge in [-0.15, -0.1) is 0 Å². The van der Waals surface area contributed by atoms with Crippen LogP contribution < -0.4 is 0 Å². The van der Waals surface area contributed by atoms with Gasteiger partial charge in [-0.05, 0) is 19.3 Å². The first-order valence-corrected chi connectivity index (χ1v) is 6.12. The van der Waals surface area contributed by atoms with E-state index in [0.717, 1.165) is 44.1 Å². The van der Waals surface area contributed by atoms with Crippen molar-refractivity contribution in [2.45, 2.75) is 59.3 Å². The van der Waals surface area contributed by atoms with Crippen LogP contribution in [-0.4, -0.2) is 12.6 Å². The van der Waals surface area contributed by atoms with E-state index in [1.807, 2.05) is 13.0 Å². The summed E-state index contributed by atoms with van der Waals surface area (Å²) in [5.74, 6) is -0.116. The summed E-state index contributed by atoms with van der Waals surface area (Å²) in [5, 5.41) is 0. The average Bonchev–Trinajstić information content (AvgIpc) is 2.24. The highest BCUT2D eigenvalue weighted by atomic mass is 16.5. The molecular weight excluding hydrogens is 188 g/mol. The molecule has 0 radical (unpaired) electrons. The van der Waals surface area contributed by atoms with E-state index >= 15 is 0 Å². The van der Waals surface area contributed by atoms with Crippen LogP contribution >= 0.6 is 0 Å². The van der Waals surface area contributed by atoms with Gasteiger partial charge in [0.1, 0.15) is 0 Å². The van der Waals surface area contributed by atoms with E-state index in [1.54, 1.807) is 0 Å². The van der Waals surface area contributed by atoms with Crippen LogP contribution in [0.25, 0.3) is 0 Å². The zero-order chi connectivity index (χ0) is 11.5. The molecule has 0 aromatic carbocycles. The fourth-order valence-electron chi connectivity index (χ4n) is 1.41. The van der Waals surface area contributed by atoms with Gasteiger partial charge in [-0.1, -0.05) is 46.1 Å². The highest BCUT2D eigenvalue weighted by Gasteiger charge is 2.08. The van der Waals surface area contributed by atoms with Crippen LogP contribution in [0.4, 0.5) is 0 Å². The largest absolute Gasteiger partial charge is 0.462 e. The van der Waals surface area contributed by atoms with E-state index in [9.17, 15) is 4.79 Å². The predicted molar refractivity (Wildman–Crippen MR) is 63.8 cm³/mol. The minimum absolute atomic E-state index is 0.116. The van der Waals surface area contributed by atoms with Gasteiger partial charge in [0, 0.05) is 5.57 Å². The van der Waals surface area contributed by atoms with Crippen LogP contribution in [-0.2, 0) is 9.53 Å². The van der Waals surface area contributed by atoms with Crippen molar-refractivity contribution in [2.75, 3.05) is 6.61 Å². The number of unbranched alkanes of at least 4 members (excludes halogenated alkanes) is 2. The number of allylic oxidation sites excluding steroid dienone is 1. The van der Waals surface area contributed by atoms with E-state index in [2.05, 4.69) is 13.8 Å². The molecule has 0 atom stereocenters. The smallest absolute Gasteiger partial charge is 0.333 e. The van der Waals surface area contributed by atoms with Gasteiger partial charge >= 0.3 is 5.97 Å². The predicted octanol–water partition coefficient (Wildman–Crippen LogP) is 3.86. The van der Waals surface area contributed by atoms with Crippen molar-refractivity contribution in [3.05, 3.63) is 11.6 Å². The first-order chi connectivity index (χ1) is 7.26. The molecule has 88 valence electrons. The summed E-state index contributed by atoms with van der Waals surface area (Å²) < 4.78 is 5.20. The van der Waals surface area contributed by atoms with Crippen molar-refractivity contribution in [1.29, 1.82) is 0 Å². The van der Waals surface area contributed by atoms with Gasteiger partial charge < -0.3 is 4.74 Å². The van der Waals surface area contributed by atoms with Crippen molar-refractivity contribution in [1.82, 2.24) is 0 Å². The lowest BCUT2D eigenvalue weighted by atomic mass is 10.1. The summed E-state index contributed by atoms with van der Waals surface area (Å²) in [6.07, 6.45) is 7.98. The Labute approximate surface area is 93.7 Å². The highest BCUT2D eigenvalue weighted by molar-refractivity contribution is 5.88. The Bertz CT molecular complexity index is 195. The van der Waals surface area contributed by atoms with Gasteiger partial charge in [-0.2, -0.15) is 0 Å². The van der Waals surface area contributed by atoms with Crippen LogP contribution in [0.15, 0.2) is 11.6 Å². The van der Waals surface area contributed by atoms with Crippen LogP contribution in [0.1, 0.15) is 59.3 Å². The number of rotatable bonds is 8. The first kappa shape index (κ1) is 14.2. The number of hydrogen-bond acceptors (Lipinski definition) is 2. The van der Waals surface area contributed by atoms with Crippen molar-refractivity contribution < 1.29 is 9.53 Å². The third-order valence-electron chi connectivity index (χ3n) is 2.21. The van der Waals surface area contributed by atoms with E-state index in [1.165, 1.54) is 0 Å². The third kappa shape index (κ3) is 7.18. The number of carbonyl (C=O) groups excluding carboxylic acids is 1. The minimum atomic E-state index is -0.116. The van der Waals surface area contributed by atoms with Crippen LogP contribution in [0.3, 0.4) is 0 Å². The lowest BCUT2D eigenvalue weighted by molar-refractivity contribution is -0.139. The van der Waals surface area contributed by atoms with E-state index in [-0.39, 0.29) is 5.97 Å². The van der Waals surface area contributed by atoms with Gasteiger partial charge in [0.2, 0.25) is 0 Å². The second kappa shape index (κ2) is 9.75. The molecule has 2 nitrogen and oxygen atoms in total. The van der Waals surface area contributed by atoms with Gasteiger partial charge in [0.15, 0.2) is 0 Å². The van der Waals surface area contributed by atoms with Crippen LogP contribution in [0.5, 0.6) is 0 Å². The fourth-order valence-corrected chi connectivity index (χ4v) is 1.41. The molecule has 0 aliphatic rings. The normalized spacial score (nSPS) is 11.5. The van der Waals surface area contributed by atoms with Gasteiger partial charge in [0.25, 0.3) is 0 Å². The van der Waals surface area contributed by atoms with Crippen LogP contribution in [0.2, 0.25) is 0 Å². The van der Waals surface area contributed by atoms with E-state index in [4.69, 9.17) is 4.74 Å². The van der Waals surface area contributed by atoms with Gasteiger partial charge in [-0.3, -0.25) is 0 Å². The monoisotopic (exact) mass is 212 g/mol. The summed E-state index contributed by atoms with van der Waals surface area (Å²) in [7, 11) is 0. The van der Waals surface area contributed by atoms with Gasteiger partial charge in [0.05, 0.1) is 6.61 Å². The lowest BCUT2D eigenvalue weighted by Crippen LogP contribution is -2.09. The molecule has 0 aliphatic carbocycles. The van der Waals surface area contributed by atoms with Crippen molar-refractivity contribution in [3.8, 4) is 0 Å². The van der Waals surface area contributed by atoms with Crippen LogP contribution in [0, 0.1) is 0 Å². The minimum Gasteiger partial charge on any atom is -0.462 e. The Balaban J connectivity index is 3.87. The molecule has 0 bridgehead atoms. The zero-order valence-corrected chi connectivity index (χ0v) is 10.3. The molecule has 0 aromatic heterocycles. The molecule has 15 heavy (non-hydrogen) atoms. The maximum absolute atomic E-state index is 11.6. The number of carbonyl (C=O) groups is 1. The standard InChI is InChI=1S/C13H24O2/c1-4-7-8-11-15-13(14)12(9-5-2)10-6-3/h9H,4-8,10-11H2,1-3H3. The molecule has 0 saturated heterocycles. The second-order valence-corrected chi connectivity index (χ2v) is 3.73. The molecule has 2 heteroatoms. The Morgan fingerprint density at radius 1 is 1.13 bits per heavy atom. The SMILES string of the molecule is CCC=C(CCC)C(=O)OCCCCC. The summed E-state index contributed by atoms with van der Waals surface area (Å²) in [6.45, 7) is 6.83. The molecule has 0 aromatic rings. The van der Waals surface area contributed by atoms with E-state index < -0.39 is 0 Å². The number of esters is 1. The lowest BCUT2D eigenvalue weighted by Gasteiger charge is -2.07. The van der Waals surface area contributed by atoms with E-state index in [0.29, 0.717) is 6.61 Å². The van der Waals surface area contributed by atoms with Crippen molar-refractivity contribution >= 4 is 5.97 Å². The fraction of sp³-hybridized carbons (Fsp3) is 0.769. The maximum atomic E-state index is 11.6. The Hall–Kier alpha value is -0.790. The van der Waals surface area contributed by atoms with Gasteiger partial charge in [-0.25, -0.2) is 4.79 Å². The number of hydrogen-bond donors (Lipinski definition) is 0. The molecular formula is C13H24O2. The Morgan fingerprint density at radius 2 is 1.87 bits per heavy atom. The number of ether oxygens (including phenoxy) is 1. The molecule has 0 N–H and O–H groups in total. The molecule has 0 saturated carbocycles. The first-order valence-electron chi connectivity index (χ1n) is 6.12. The Kier molecular flexibility index (Phi) is 9.24. The highest BCUT2D eigenvalue weighted by Crippen LogP contribution is 2.09. The third-order valence-corrected chi connectivity index (χ3v) is 2.21. The summed E-state index contributed by atoms with van der Waals surface area (Å²) in [4.78, 5) is 11.6. The van der Waals surface area contributed by atoms with Crippen molar-refractivity contribution in [2.24, 2.45) is 0 Å². The quantitative estimate of drug-likeness (QED) is 0.347. The zero-order valence-electron chi connectivity index (χ0n) is 10.3. The summed E-state index contributed by atoms with van der Waals surface area (Å²) in [5.41, 5.74) is 0.844. The maximum Gasteiger partial charge on any atom is 0.333 e. The second-order valence-electron chi connectivity index (χ2n) is 3.73. The average molecular weight is 212 g/mol. The summed E-state index contributed by atoms with van der Waals surface area (Å²) in [6, 6.07) is 0. The molecule has 0 heterocycles. The molecule has 0 unspecified atom stereocenters. The Morgan fingerprint density at radius 3 is 2.40 bits per heavy atom. The summed E-state index contributed by atoms with van der Waals surface area (Å²) >= 11 is 0.